The zero-order chi connectivity index (χ0) is 31.6. The van der Waals surface area contributed by atoms with E-state index in [9.17, 15) is 18.0 Å². The average molecular weight is 647 g/mol. The maximum atomic E-state index is 14.0. The summed E-state index contributed by atoms with van der Waals surface area (Å²) in [7, 11) is -3.59. The highest BCUT2D eigenvalue weighted by Crippen LogP contribution is 2.28. The number of hydrogen-bond acceptors (Lipinski definition) is 4. The van der Waals surface area contributed by atoms with Crippen LogP contribution in [-0.4, -0.2) is 50.5 Å². The zero-order valence-corrected chi connectivity index (χ0v) is 27.6. The SMILES string of the molecule is CCc1ccc(N(CCCC(=O)N(Cc2c(Cl)cccc2Cl)[C@@H](Cc2ccccc2)C(=O)NCC(C)C)S(C)(=O)=O)cc1. The van der Waals surface area contributed by atoms with E-state index in [0.717, 1.165) is 23.8 Å². The molecule has 0 unspecified atom stereocenters. The first-order chi connectivity index (χ1) is 20.4. The van der Waals surface area contributed by atoms with E-state index in [-0.39, 0.29) is 50.1 Å². The van der Waals surface area contributed by atoms with E-state index in [1.807, 2.05) is 63.2 Å². The van der Waals surface area contributed by atoms with Gasteiger partial charge < -0.3 is 10.2 Å². The van der Waals surface area contributed by atoms with Crippen molar-refractivity contribution >= 4 is 50.7 Å². The van der Waals surface area contributed by atoms with Gasteiger partial charge in [-0.2, -0.15) is 0 Å². The number of nitrogens with zero attached hydrogens (tertiary/aromatic N) is 2. The smallest absolute Gasteiger partial charge is 0.243 e. The van der Waals surface area contributed by atoms with Gasteiger partial charge in [0.15, 0.2) is 0 Å². The van der Waals surface area contributed by atoms with E-state index in [1.165, 1.54) is 9.21 Å². The Morgan fingerprint density at radius 3 is 2.07 bits per heavy atom. The van der Waals surface area contributed by atoms with Gasteiger partial charge in [-0.3, -0.25) is 13.9 Å². The molecule has 2 amide bonds. The van der Waals surface area contributed by atoms with Gasteiger partial charge in [-0.05, 0) is 54.2 Å². The fourth-order valence-electron chi connectivity index (χ4n) is 4.73. The van der Waals surface area contributed by atoms with Gasteiger partial charge in [-0.15, -0.1) is 0 Å². The lowest BCUT2D eigenvalue weighted by Gasteiger charge is -2.32. The monoisotopic (exact) mass is 645 g/mol. The standard InChI is InChI=1S/C33H41Cl2N3O4S/c1-5-25-16-18-27(19-17-25)38(43(4,41)42)20-10-15-32(39)37(23-28-29(34)13-9-14-30(28)35)31(33(40)36-22-24(2)3)21-26-11-7-6-8-12-26/h6-9,11-14,16-19,24,31H,5,10,15,20-23H2,1-4H3,(H,36,40)/t31-/m0/s1. The average Bonchev–Trinajstić information content (AvgIpc) is 2.97. The lowest BCUT2D eigenvalue weighted by molar-refractivity contribution is -0.141. The van der Waals surface area contributed by atoms with Crippen LogP contribution < -0.4 is 9.62 Å². The van der Waals surface area contributed by atoms with Gasteiger partial charge in [0.05, 0.1) is 11.9 Å². The van der Waals surface area contributed by atoms with E-state index in [4.69, 9.17) is 23.2 Å². The molecule has 3 aromatic rings. The molecule has 0 saturated carbocycles. The fourth-order valence-corrected chi connectivity index (χ4v) is 6.21. The summed E-state index contributed by atoms with van der Waals surface area (Å²) in [5.41, 5.74) is 3.08. The highest BCUT2D eigenvalue weighted by Gasteiger charge is 2.31. The molecule has 0 aliphatic carbocycles. The third kappa shape index (κ3) is 10.3. The summed E-state index contributed by atoms with van der Waals surface area (Å²) in [4.78, 5) is 29.2. The van der Waals surface area contributed by atoms with Crippen molar-refractivity contribution in [1.82, 2.24) is 10.2 Å². The number of carbonyl (C=O) groups excluding carboxylic acids is 2. The normalized spacial score (nSPS) is 12.2. The molecule has 3 aromatic carbocycles. The molecule has 232 valence electrons. The maximum Gasteiger partial charge on any atom is 0.243 e. The number of amides is 2. The Hall–Kier alpha value is -3.07. The van der Waals surface area contributed by atoms with Gasteiger partial charge in [0, 0.05) is 48.1 Å². The van der Waals surface area contributed by atoms with Crippen LogP contribution in [0.15, 0.2) is 72.8 Å². The molecule has 0 spiro atoms. The number of rotatable bonds is 15. The first kappa shape index (κ1) is 34.4. The first-order valence-corrected chi connectivity index (χ1v) is 17.1. The molecule has 0 bridgehead atoms. The number of sulfonamides is 1. The second-order valence-electron chi connectivity index (χ2n) is 11.0. The van der Waals surface area contributed by atoms with Crippen LogP contribution in [0.2, 0.25) is 10.0 Å². The summed E-state index contributed by atoms with van der Waals surface area (Å²) >= 11 is 13.0. The molecule has 0 aromatic heterocycles. The number of anilines is 1. The van der Waals surface area contributed by atoms with Crippen LogP contribution in [0.3, 0.4) is 0 Å². The second kappa shape index (κ2) is 16.1. The van der Waals surface area contributed by atoms with Crippen molar-refractivity contribution in [3.63, 3.8) is 0 Å². The molecule has 0 radical (unpaired) electrons. The van der Waals surface area contributed by atoms with Crippen LogP contribution in [0.4, 0.5) is 5.69 Å². The molecule has 0 fully saturated rings. The molecule has 1 N–H and O–H groups in total. The molecular formula is C33H41Cl2N3O4S. The number of aryl methyl sites for hydroxylation is 1. The molecular weight excluding hydrogens is 605 g/mol. The Kier molecular flexibility index (Phi) is 12.9. The Morgan fingerprint density at radius 2 is 1.51 bits per heavy atom. The molecule has 3 rings (SSSR count). The molecule has 0 aliphatic heterocycles. The first-order valence-electron chi connectivity index (χ1n) is 14.5. The van der Waals surface area contributed by atoms with Crippen molar-refractivity contribution in [3.8, 4) is 0 Å². The number of nitrogens with one attached hydrogen (secondary N) is 1. The van der Waals surface area contributed by atoms with Crippen molar-refractivity contribution in [3.05, 3.63) is 99.5 Å². The fraction of sp³-hybridized carbons (Fsp3) is 0.394. The van der Waals surface area contributed by atoms with Crippen molar-refractivity contribution in [1.29, 1.82) is 0 Å². The predicted octanol–water partition coefficient (Wildman–Crippen LogP) is 6.51. The lowest BCUT2D eigenvalue weighted by atomic mass is 10.0. The molecule has 43 heavy (non-hydrogen) atoms. The minimum atomic E-state index is -3.59. The number of benzene rings is 3. The van der Waals surface area contributed by atoms with E-state index in [2.05, 4.69) is 5.32 Å². The molecule has 10 heteroatoms. The van der Waals surface area contributed by atoms with Crippen LogP contribution in [0.1, 0.15) is 50.3 Å². The summed E-state index contributed by atoms with van der Waals surface area (Å²) < 4.78 is 26.7. The van der Waals surface area contributed by atoms with Gasteiger partial charge in [-0.25, -0.2) is 8.42 Å². The quantitative estimate of drug-likeness (QED) is 0.204. The van der Waals surface area contributed by atoms with Crippen LogP contribution in [0, 0.1) is 5.92 Å². The van der Waals surface area contributed by atoms with E-state index < -0.39 is 16.1 Å². The van der Waals surface area contributed by atoms with Gasteiger partial charge in [-0.1, -0.05) is 92.5 Å². The summed E-state index contributed by atoms with van der Waals surface area (Å²) in [5, 5.41) is 3.78. The number of halogens is 2. The van der Waals surface area contributed by atoms with Crippen LogP contribution in [0.5, 0.6) is 0 Å². The van der Waals surface area contributed by atoms with Crippen molar-refractivity contribution in [2.75, 3.05) is 23.7 Å². The lowest BCUT2D eigenvalue weighted by Crippen LogP contribution is -2.51. The van der Waals surface area contributed by atoms with Crippen molar-refractivity contribution in [2.45, 2.75) is 59.0 Å². The molecule has 1 atom stereocenters. The molecule has 0 aliphatic rings. The Labute approximate surface area is 266 Å². The number of carbonyl (C=O) groups is 2. The molecule has 7 nitrogen and oxygen atoms in total. The zero-order valence-electron chi connectivity index (χ0n) is 25.2. The van der Waals surface area contributed by atoms with E-state index in [0.29, 0.717) is 27.8 Å². The maximum absolute atomic E-state index is 14.0. The Morgan fingerprint density at radius 1 is 0.884 bits per heavy atom. The molecule has 0 saturated heterocycles. The van der Waals surface area contributed by atoms with Crippen LogP contribution in [-0.2, 0) is 39.0 Å². The summed E-state index contributed by atoms with van der Waals surface area (Å²) in [6, 6.07) is 21.2. The van der Waals surface area contributed by atoms with Gasteiger partial charge in [0.25, 0.3) is 0 Å². The highest BCUT2D eigenvalue weighted by molar-refractivity contribution is 7.92. The van der Waals surface area contributed by atoms with Crippen molar-refractivity contribution < 1.29 is 18.0 Å². The number of hydrogen-bond donors (Lipinski definition) is 1. The topological polar surface area (TPSA) is 86.8 Å². The van der Waals surface area contributed by atoms with Crippen LogP contribution in [0.25, 0.3) is 0 Å². The van der Waals surface area contributed by atoms with Crippen LogP contribution >= 0.6 is 23.2 Å². The summed E-state index contributed by atoms with van der Waals surface area (Å²) in [6.07, 6.45) is 2.55. The minimum absolute atomic E-state index is 0.0177. The third-order valence-electron chi connectivity index (χ3n) is 7.13. The Balaban J connectivity index is 1.91. The highest BCUT2D eigenvalue weighted by atomic mass is 35.5. The minimum Gasteiger partial charge on any atom is -0.354 e. The van der Waals surface area contributed by atoms with Gasteiger partial charge in [0.2, 0.25) is 21.8 Å². The largest absolute Gasteiger partial charge is 0.354 e. The van der Waals surface area contributed by atoms with E-state index in [1.54, 1.807) is 30.3 Å². The van der Waals surface area contributed by atoms with Gasteiger partial charge in [0.1, 0.15) is 6.04 Å². The summed E-state index contributed by atoms with van der Waals surface area (Å²) in [5.74, 6) is -0.355. The second-order valence-corrected chi connectivity index (χ2v) is 13.7. The van der Waals surface area contributed by atoms with Gasteiger partial charge >= 0.3 is 0 Å². The van der Waals surface area contributed by atoms with E-state index >= 15 is 0 Å². The Bertz CT molecular complexity index is 1440. The third-order valence-corrected chi connectivity index (χ3v) is 9.03. The van der Waals surface area contributed by atoms with Crippen molar-refractivity contribution in [2.24, 2.45) is 5.92 Å². The molecule has 0 heterocycles. The predicted molar refractivity (Wildman–Crippen MR) is 176 cm³/mol. The summed E-state index contributed by atoms with van der Waals surface area (Å²) in [6.45, 7) is 6.63.